The monoisotopic (exact) mass is 415 g/mol. The number of aryl methyl sites for hydroxylation is 1. The summed E-state index contributed by atoms with van der Waals surface area (Å²) >= 11 is 0. The van der Waals surface area contributed by atoms with E-state index in [4.69, 9.17) is 4.74 Å². The molecule has 2 aromatic heterocycles. The number of methoxy groups -OCH3 is 1. The molecule has 8 nitrogen and oxygen atoms in total. The number of halogens is 1. The molecule has 0 saturated carbocycles. The molecule has 4 rings (SSSR count). The normalized spacial score (nSPS) is 11.7. The van der Waals surface area contributed by atoms with Crippen LogP contribution in [-0.2, 0) is 23.6 Å². The van der Waals surface area contributed by atoms with E-state index in [9.17, 15) is 12.8 Å². The first-order valence-electron chi connectivity index (χ1n) is 8.67. The number of benzene rings is 2. The summed E-state index contributed by atoms with van der Waals surface area (Å²) in [4.78, 5) is -0.451. The Labute approximate surface area is 166 Å². The Hall–Kier alpha value is -3.40. The highest BCUT2D eigenvalue weighted by Gasteiger charge is 2.23. The Bertz CT molecular complexity index is 1280. The Balaban J connectivity index is 1.79. The van der Waals surface area contributed by atoms with Crippen LogP contribution in [0.15, 0.2) is 59.8 Å². The number of fused-ring (bicyclic) bond motifs is 1. The Morgan fingerprint density at radius 2 is 2.00 bits per heavy atom. The zero-order valence-electron chi connectivity index (χ0n) is 15.7. The van der Waals surface area contributed by atoms with E-state index in [1.807, 2.05) is 18.3 Å². The predicted molar refractivity (Wildman–Crippen MR) is 106 cm³/mol. The molecule has 1 N–H and O–H groups in total. The maximum atomic E-state index is 14.0. The molecule has 10 heteroatoms. The molecule has 0 aliphatic heterocycles. The lowest BCUT2D eigenvalue weighted by Gasteiger charge is -2.10. The van der Waals surface area contributed by atoms with Gasteiger partial charge in [-0.2, -0.15) is 10.2 Å². The lowest BCUT2D eigenvalue weighted by molar-refractivity contribution is 0.419. The quantitative estimate of drug-likeness (QED) is 0.523. The Kier molecular flexibility index (Phi) is 4.71. The molecule has 4 aromatic rings. The molecule has 0 saturated heterocycles. The third-order valence-corrected chi connectivity index (χ3v) is 5.83. The van der Waals surface area contributed by atoms with Crippen LogP contribution < -0.4 is 9.46 Å². The van der Waals surface area contributed by atoms with E-state index in [2.05, 4.69) is 14.9 Å². The maximum Gasteiger partial charge on any atom is 0.266 e. The summed E-state index contributed by atoms with van der Waals surface area (Å²) in [5, 5.41) is 8.95. The summed E-state index contributed by atoms with van der Waals surface area (Å²) in [6.07, 6.45) is 3.53. The summed E-state index contributed by atoms with van der Waals surface area (Å²) in [7, 11) is -0.979. The van der Waals surface area contributed by atoms with Crippen molar-refractivity contribution >= 4 is 26.7 Å². The molecule has 2 heterocycles. The zero-order chi connectivity index (χ0) is 20.6. The van der Waals surface area contributed by atoms with Crippen molar-refractivity contribution in [3.05, 3.63) is 66.2 Å². The number of ether oxygens (including phenoxy) is 1. The van der Waals surface area contributed by atoms with Crippen molar-refractivity contribution < 1.29 is 17.5 Å². The Morgan fingerprint density at radius 1 is 1.21 bits per heavy atom. The van der Waals surface area contributed by atoms with Crippen LogP contribution in [0.5, 0.6) is 5.75 Å². The third kappa shape index (κ3) is 3.54. The third-order valence-electron chi connectivity index (χ3n) is 4.46. The van der Waals surface area contributed by atoms with Crippen molar-refractivity contribution in [1.29, 1.82) is 0 Å². The van der Waals surface area contributed by atoms with Crippen molar-refractivity contribution in [2.24, 2.45) is 7.05 Å². The molecule has 0 unspecified atom stereocenters. The lowest BCUT2D eigenvalue weighted by atomic mass is 10.1. The van der Waals surface area contributed by atoms with E-state index < -0.39 is 20.7 Å². The standard InChI is InChI=1S/C19H18FN5O3S/c1-24-15-10-13(12-25-9-5-8-21-25)11-16(28-2)18(15)19(22-24)23-29(26,27)17-7-4-3-6-14(17)20/h3-11H,12H2,1-2H3,(H,22,23). The number of hydrogen-bond acceptors (Lipinski definition) is 5. The maximum absolute atomic E-state index is 14.0. The minimum Gasteiger partial charge on any atom is -0.496 e. The molecule has 29 heavy (non-hydrogen) atoms. The van der Waals surface area contributed by atoms with Gasteiger partial charge in [0, 0.05) is 19.4 Å². The zero-order valence-corrected chi connectivity index (χ0v) is 16.5. The van der Waals surface area contributed by atoms with Crippen molar-refractivity contribution in [1.82, 2.24) is 19.6 Å². The summed E-state index contributed by atoms with van der Waals surface area (Å²) in [5.74, 6) is -0.328. The summed E-state index contributed by atoms with van der Waals surface area (Å²) in [5.41, 5.74) is 1.57. The van der Waals surface area contributed by atoms with E-state index in [-0.39, 0.29) is 5.82 Å². The highest BCUT2D eigenvalue weighted by atomic mass is 32.2. The number of nitrogens with zero attached hydrogens (tertiary/aromatic N) is 4. The highest BCUT2D eigenvalue weighted by Crippen LogP contribution is 2.34. The van der Waals surface area contributed by atoms with Gasteiger partial charge < -0.3 is 4.74 Å². The van der Waals surface area contributed by atoms with Gasteiger partial charge in [0.05, 0.1) is 24.6 Å². The van der Waals surface area contributed by atoms with Crippen LogP contribution in [0.2, 0.25) is 0 Å². The molecule has 0 aliphatic rings. The van der Waals surface area contributed by atoms with Crippen molar-refractivity contribution in [3.63, 3.8) is 0 Å². The van der Waals surface area contributed by atoms with Gasteiger partial charge >= 0.3 is 0 Å². The smallest absolute Gasteiger partial charge is 0.266 e. The molecular formula is C19H18FN5O3S. The average molecular weight is 415 g/mol. The second kappa shape index (κ2) is 7.21. The van der Waals surface area contributed by atoms with Gasteiger partial charge in [0.15, 0.2) is 5.82 Å². The summed E-state index contributed by atoms with van der Waals surface area (Å²) < 4.78 is 50.6. The summed E-state index contributed by atoms with van der Waals surface area (Å²) in [6.45, 7) is 0.515. The molecule has 0 radical (unpaired) electrons. The molecule has 0 atom stereocenters. The Morgan fingerprint density at radius 3 is 2.69 bits per heavy atom. The first-order chi connectivity index (χ1) is 13.9. The number of sulfonamides is 1. The van der Waals surface area contributed by atoms with Gasteiger partial charge in [-0.3, -0.25) is 14.1 Å². The minimum atomic E-state index is -4.17. The van der Waals surface area contributed by atoms with Crippen LogP contribution in [-0.4, -0.2) is 35.1 Å². The van der Waals surface area contributed by atoms with Crippen molar-refractivity contribution in [2.75, 3.05) is 11.8 Å². The molecule has 0 aliphatic carbocycles. The number of rotatable bonds is 6. The fourth-order valence-corrected chi connectivity index (χ4v) is 4.24. The van der Waals surface area contributed by atoms with Gasteiger partial charge in [-0.05, 0) is 35.9 Å². The summed E-state index contributed by atoms with van der Waals surface area (Å²) in [6, 6.07) is 10.7. The number of aromatic nitrogens is 4. The van der Waals surface area contributed by atoms with Gasteiger partial charge in [-0.25, -0.2) is 12.8 Å². The number of hydrogen-bond donors (Lipinski definition) is 1. The van der Waals surface area contributed by atoms with Gasteiger partial charge in [0.2, 0.25) is 0 Å². The second-order valence-electron chi connectivity index (χ2n) is 6.40. The molecule has 150 valence electrons. The van der Waals surface area contributed by atoms with E-state index >= 15 is 0 Å². The van der Waals surface area contributed by atoms with Gasteiger partial charge in [0.1, 0.15) is 16.5 Å². The van der Waals surface area contributed by atoms with E-state index in [0.29, 0.717) is 23.2 Å². The predicted octanol–water partition coefficient (Wildman–Crippen LogP) is 2.77. The molecular weight excluding hydrogens is 397 g/mol. The van der Waals surface area contributed by atoms with Crippen LogP contribution in [0.25, 0.3) is 10.9 Å². The first kappa shape index (κ1) is 18.9. The first-order valence-corrected chi connectivity index (χ1v) is 10.2. The topological polar surface area (TPSA) is 91.0 Å². The second-order valence-corrected chi connectivity index (χ2v) is 8.05. The van der Waals surface area contributed by atoms with Crippen LogP contribution in [0.1, 0.15) is 5.56 Å². The largest absolute Gasteiger partial charge is 0.496 e. The lowest BCUT2D eigenvalue weighted by Crippen LogP contribution is -2.15. The van der Waals surface area contributed by atoms with E-state index in [0.717, 1.165) is 11.6 Å². The van der Waals surface area contributed by atoms with Crippen LogP contribution in [0.3, 0.4) is 0 Å². The van der Waals surface area contributed by atoms with Crippen LogP contribution in [0.4, 0.5) is 10.2 Å². The van der Waals surface area contributed by atoms with Gasteiger partial charge in [0.25, 0.3) is 10.0 Å². The fraction of sp³-hybridized carbons (Fsp3) is 0.158. The molecule has 0 spiro atoms. The van der Waals surface area contributed by atoms with Gasteiger partial charge in [-0.15, -0.1) is 0 Å². The molecule has 0 amide bonds. The minimum absolute atomic E-state index is 0.0632. The highest BCUT2D eigenvalue weighted by molar-refractivity contribution is 7.92. The number of anilines is 1. The fourth-order valence-electron chi connectivity index (χ4n) is 3.15. The van der Waals surface area contributed by atoms with Crippen LogP contribution in [0, 0.1) is 5.82 Å². The van der Waals surface area contributed by atoms with Gasteiger partial charge in [-0.1, -0.05) is 12.1 Å². The van der Waals surface area contributed by atoms with Crippen LogP contribution >= 0.6 is 0 Å². The molecule has 2 aromatic carbocycles. The van der Waals surface area contributed by atoms with Crippen molar-refractivity contribution in [3.8, 4) is 5.75 Å². The molecule has 0 fully saturated rings. The SMILES string of the molecule is COc1cc(Cn2cccn2)cc2c1c(NS(=O)(=O)c1ccccc1F)nn2C. The van der Waals surface area contributed by atoms with E-state index in [1.54, 1.807) is 28.7 Å². The van der Waals surface area contributed by atoms with Crippen molar-refractivity contribution in [2.45, 2.75) is 11.4 Å². The number of nitrogens with one attached hydrogen (secondary N) is 1. The van der Waals surface area contributed by atoms with E-state index in [1.165, 1.54) is 25.3 Å². The molecule has 0 bridgehead atoms. The average Bonchev–Trinajstić information content (AvgIpc) is 3.29.